The van der Waals surface area contributed by atoms with Gasteiger partial charge >= 0.3 is 5.97 Å². The molecule has 6 nitrogen and oxygen atoms in total. The molecule has 0 bridgehead atoms. The first-order valence-electron chi connectivity index (χ1n) is 8.62. The smallest absolute Gasteiger partial charge is 0.338 e. The minimum absolute atomic E-state index is 0.0560. The van der Waals surface area contributed by atoms with Crippen molar-refractivity contribution in [3.05, 3.63) is 53.3 Å². The molecule has 0 saturated carbocycles. The molecule has 1 aliphatic heterocycles. The van der Waals surface area contributed by atoms with Gasteiger partial charge in [-0.25, -0.2) is 4.79 Å². The maximum atomic E-state index is 12.6. The van der Waals surface area contributed by atoms with Gasteiger partial charge in [-0.15, -0.1) is 0 Å². The number of carbonyl (C=O) groups excluding carboxylic acids is 1. The van der Waals surface area contributed by atoms with E-state index in [2.05, 4.69) is 18.9 Å². The number of piperidine rings is 1. The van der Waals surface area contributed by atoms with Crippen LogP contribution in [-0.2, 0) is 0 Å². The summed E-state index contributed by atoms with van der Waals surface area (Å²) in [4.78, 5) is 25.5. The van der Waals surface area contributed by atoms with Gasteiger partial charge in [0.2, 0.25) is 0 Å². The monoisotopic (exact) mass is 341 g/mol. The van der Waals surface area contributed by atoms with E-state index in [0.29, 0.717) is 19.0 Å². The Hall–Kier alpha value is -2.63. The number of aromatic carboxylic acids is 1. The molecule has 1 aromatic carbocycles. The normalized spacial score (nSPS) is 15.6. The van der Waals surface area contributed by atoms with Crippen molar-refractivity contribution in [3.63, 3.8) is 0 Å². The topological polar surface area (TPSA) is 75.4 Å². The number of hydrogen-bond donors (Lipinski definition) is 1. The molecule has 25 heavy (non-hydrogen) atoms. The van der Waals surface area contributed by atoms with Crippen molar-refractivity contribution in [1.82, 2.24) is 14.7 Å². The zero-order chi connectivity index (χ0) is 18.0. The van der Waals surface area contributed by atoms with E-state index in [1.807, 2.05) is 29.2 Å². The molecule has 3 rings (SSSR count). The Balaban J connectivity index is 1.61. The molecule has 0 unspecified atom stereocenters. The highest BCUT2D eigenvalue weighted by molar-refractivity contribution is 5.94. The third-order valence-electron chi connectivity index (χ3n) is 4.80. The van der Waals surface area contributed by atoms with E-state index in [9.17, 15) is 9.59 Å². The number of carboxylic acid groups (broad SMARTS) is 1. The van der Waals surface area contributed by atoms with E-state index in [0.717, 1.165) is 18.4 Å². The van der Waals surface area contributed by atoms with E-state index in [1.54, 1.807) is 10.9 Å². The summed E-state index contributed by atoms with van der Waals surface area (Å²) in [6.45, 7) is 5.56. The van der Waals surface area contributed by atoms with Crippen LogP contribution in [0.1, 0.15) is 64.9 Å². The van der Waals surface area contributed by atoms with Crippen LogP contribution in [0.4, 0.5) is 0 Å². The fourth-order valence-corrected chi connectivity index (χ4v) is 3.17. The third kappa shape index (κ3) is 3.73. The van der Waals surface area contributed by atoms with Crippen LogP contribution in [-0.4, -0.2) is 44.8 Å². The SMILES string of the molecule is CC(C)c1ccc(C(=O)N2CCC(n3cc(C(=O)O)cn3)CC2)cc1. The number of carbonyl (C=O) groups is 2. The Kier molecular flexibility index (Phi) is 4.88. The van der Waals surface area contributed by atoms with Gasteiger partial charge in [0.25, 0.3) is 5.91 Å². The van der Waals surface area contributed by atoms with Crippen LogP contribution in [0.15, 0.2) is 36.7 Å². The maximum absolute atomic E-state index is 12.6. The minimum atomic E-state index is -0.969. The number of likely N-dealkylation sites (tertiary alicyclic amines) is 1. The van der Waals surface area contributed by atoms with Gasteiger partial charge in [0.1, 0.15) is 0 Å². The van der Waals surface area contributed by atoms with Crippen LogP contribution in [0.3, 0.4) is 0 Å². The van der Waals surface area contributed by atoms with Crippen LogP contribution in [0.5, 0.6) is 0 Å². The molecule has 1 amide bonds. The molecule has 1 aromatic heterocycles. The summed E-state index contributed by atoms with van der Waals surface area (Å²) in [5.74, 6) is -0.464. The summed E-state index contributed by atoms with van der Waals surface area (Å²) < 4.78 is 1.71. The van der Waals surface area contributed by atoms with Crippen molar-refractivity contribution in [3.8, 4) is 0 Å². The Morgan fingerprint density at radius 1 is 1.12 bits per heavy atom. The Morgan fingerprint density at radius 2 is 1.76 bits per heavy atom. The van der Waals surface area contributed by atoms with E-state index in [1.165, 1.54) is 11.8 Å². The minimum Gasteiger partial charge on any atom is -0.478 e. The summed E-state index contributed by atoms with van der Waals surface area (Å²) in [5.41, 5.74) is 2.14. The van der Waals surface area contributed by atoms with Gasteiger partial charge in [-0.05, 0) is 36.5 Å². The Bertz CT molecular complexity index is 756. The van der Waals surface area contributed by atoms with Crippen LogP contribution >= 0.6 is 0 Å². The fraction of sp³-hybridized carbons (Fsp3) is 0.421. The van der Waals surface area contributed by atoms with Crippen molar-refractivity contribution in [2.45, 2.75) is 38.6 Å². The molecular formula is C19H23N3O3. The first-order valence-corrected chi connectivity index (χ1v) is 8.62. The van der Waals surface area contributed by atoms with Gasteiger partial charge in [0.05, 0.1) is 17.8 Å². The summed E-state index contributed by atoms with van der Waals surface area (Å²) >= 11 is 0. The van der Waals surface area contributed by atoms with Crippen molar-refractivity contribution in [2.24, 2.45) is 0 Å². The molecule has 1 fully saturated rings. The number of aromatic nitrogens is 2. The molecule has 0 atom stereocenters. The highest BCUT2D eigenvalue weighted by Crippen LogP contribution is 2.24. The molecular weight excluding hydrogens is 318 g/mol. The van der Waals surface area contributed by atoms with Crippen molar-refractivity contribution in [1.29, 1.82) is 0 Å². The van der Waals surface area contributed by atoms with Crippen LogP contribution in [0, 0.1) is 0 Å². The molecule has 1 aliphatic rings. The lowest BCUT2D eigenvalue weighted by molar-refractivity contribution is 0.0688. The van der Waals surface area contributed by atoms with Gasteiger partial charge in [0.15, 0.2) is 0 Å². The van der Waals surface area contributed by atoms with Crippen LogP contribution in [0.25, 0.3) is 0 Å². The summed E-state index contributed by atoms with van der Waals surface area (Å²) in [6.07, 6.45) is 4.48. The second kappa shape index (κ2) is 7.09. The van der Waals surface area contributed by atoms with Crippen molar-refractivity contribution >= 4 is 11.9 Å². The number of hydrogen-bond acceptors (Lipinski definition) is 3. The average Bonchev–Trinajstić information content (AvgIpc) is 3.12. The molecule has 2 heterocycles. The Morgan fingerprint density at radius 3 is 2.28 bits per heavy atom. The van der Waals surface area contributed by atoms with Crippen molar-refractivity contribution in [2.75, 3.05) is 13.1 Å². The van der Waals surface area contributed by atoms with E-state index in [4.69, 9.17) is 5.11 Å². The quantitative estimate of drug-likeness (QED) is 0.927. The van der Waals surface area contributed by atoms with Gasteiger partial charge in [0, 0.05) is 24.8 Å². The number of benzene rings is 1. The first-order chi connectivity index (χ1) is 12.0. The molecule has 132 valence electrons. The summed E-state index contributed by atoms with van der Waals surface area (Å²) in [5, 5.41) is 13.1. The van der Waals surface area contributed by atoms with E-state index >= 15 is 0 Å². The van der Waals surface area contributed by atoms with Gasteiger partial charge in [-0.1, -0.05) is 26.0 Å². The number of carboxylic acids is 1. The third-order valence-corrected chi connectivity index (χ3v) is 4.80. The summed E-state index contributed by atoms with van der Waals surface area (Å²) in [6, 6.07) is 7.97. The maximum Gasteiger partial charge on any atom is 0.338 e. The second-order valence-electron chi connectivity index (χ2n) is 6.81. The first kappa shape index (κ1) is 17.2. The molecule has 0 aliphatic carbocycles. The molecule has 6 heteroatoms. The average molecular weight is 341 g/mol. The molecule has 0 spiro atoms. The van der Waals surface area contributed by atoms with Crippen LogP contribution in [0.2, 0.25) is 0 Å². The lowest BCUT2D eigenvalue weighted by atomic mass is 10.0. The lowest BCUT2D eigenvalue weighted by Crippen LogP contribution is -2.39. The Labute approximate surface area is 147 Å². The number of amides is 1. The van der Waals surface area contributed by atoms with Crippen LogP contribution < -0.4 is 0 Å². The molecule has 1 saturated heterocycles. The van der Waals surface area contributed by atoms with Crippen molar-refractivity contribution < 1.29 is 14.7 Å². The fourth-order valence-electron chi connectivity index (χ4n) is 3.17. The molecule has 1 N–H and O–H groups in total. The number of nitrogens with zero attached hydrogens (tertiary/aromatic N) is 3. The van der Waals surface area contributed by atoms with Gasteiger partial charge in [-0.2, -0.15) is 5.10 Å². The zero-order valence-corrected chi connectivity index (χ0v) is 14.6. The highest BCUT2D eigenvalue weighted by atomic mass is 16.4. The van der Waals surface area contributed by atoms with Gasteiger partial charge in [-0.3, -0.25) is 9.48 Å². The largest absolute Gasteiger partial charge is 0.478 e. The predicted molar refractivity (Wildman–Crippen MR) is 93.9 cm³/mol. The van der Waals surface area contributed by atoms with E-state index in [-0.39, 0.29) is 17.5 Å². The lowest BCUT2D eigenvalue weighted by Gasteiger charge is -2.32. The number of rotatable bonds is 4. The second-order valence-corrected chi connectivity index (χ2v) is 6.81. The zero-order valence-electron chi connectivity index (χ0n) is 14.6. The standard InChI is InChI=1S/C19H23N3O3/c1-13(2)14-3-5-15(6-4-14)18(23)21-9-7-17(8-10-21)22-12-16(11-20-22)19(24)25/h3-6,11-13,17H,7-10H2,1-2H3,(H,24,25). The molecule has 2 aromatic rings. The highest BCUT2D eigenvalue weighted by Gasteiger charge is 2.25. The van der Waals surface area contributed by atoms with E-state index < -0.39 is 5.97 Å². The summed E-state index contributed by atoms with van der Waals surface area (Å²) in [7, 11) is 0. The van der Waals surface area contributed by atoms with Gasteiger partial charge < -0.3 is 10.0 Å². The molecule has 0 radical (unpaired) electrons. The predicted octanol–water partition coefficient (Wildman–Crippen LogP) is 3.18.